The van der Waals surface area contributed by atoms with E-state index in [-0.39, 0.29) is 18.6 Å². The second kappa shape index (κ2) is 9.40. The zero-order chi connectivity index (χ0) is 21.1. The molecule has 1 saturated carbocycles. The van der Waals surface area contributed by atoms with E-state index in [9.17, 15) is 9.90 Å². The first-order valence-corrected chi connectivity index (χ1v) is 11.4. The molecule has 0 spiro atoms. The molecule has 2 fully saturated rings. The van der Waals surface area contributed by atoms with Gasteiger partial charge in [-0.05, 0) is 38.3 Å². The number of fused-ring (bicyclic) bond motifs is 1. The average Bonchev–Trinajstić information content (AvgIpc) is 3.13. The Bertz CT molecular complexity index is 872. The van der Waals surface area contributed by atoms with Crippen LogP contribution in [0.2, 0.25) is 0 Å². The van der Waals surface area contributed by atoms with E-state index >= 15 is 0 Å². The summed E-state index contributed by atoms with van der Waals surface area (Å²) < 4.78 is 7.94. The third kappa shape index (κ3) is 4.21. The van der Waals surface area contributed by atoms with Crippen molar-refractivity contribution in [3.8, 4) is 5.75 Å². The lowest BCUT2D eigenvalue weighted by Crippen LogP contribution is -2.54. The fraction of sp³-hybridized carbons (Fsp3) is 0.625. The lowest BCUT2D eigenvalue weighted by atomic mass is 9.89. The lowest BCUT2D eigenvalue weighted by molar-refractivity contribution is 0.0450. The highest BCUT2D eigenvalue weighted by Crippen LogP contribution is 2.34. The van der Waals surface area contributed by atoms with Crippen LogP contribution in [0.3, 0.4) is 0 Å². The van der Waals surface area contributed by atoms with Crippen molar-refractivity contribution in [2.24, 2.45) is 5.92 Å². The van der Waals surface area contributed by atoms with Gasteiger partial charge in [0.2, 0.25) is 0 Å². The number of hydrogen-bond donors (Lipinski definition) is 1. The van der Waals surface area contributed by atoms with Gasteiger partial charge in [0.1, 0.15) is 5.75 Å². The molecule has 1 aromatic carbocycles. The molecular weight excluding hydrogens is 378 g/mol. The van der Waals surface area contributed by atoms with Gasteiger partial charge in [0, 0.05) is 50.4 Å². The van der Waals surface area contributed by atoms with Gasteiger partial charge in [0.25, 0.3) is 5.91 Å². The van der Waals surface area contributed by atoms with Crippen LogP contribution in [0.4, 0.5) is 0 Å². The number of nitrogens with zero attached hydrogens (tertiary/aromatic N) is 3. The SMILES string of the molecule is COc1cccc2c(C(=O)N3CCN(C)C[C@H]3CCO)cn(CC3CCCCC3)c12. The summed E-state index contributed by atoms with van der Waals surface area (Å²) in [6.45, 7) is 3.39. The summed E-state index contributed by atoms with van der Waals surface area (Å²) in [6, 6.07) is 6.04. The summed E-state index contributed by atoms with van der Waals surface area (Å²) >= 11 is 0. The number of amides is 1. The summed E-state index contributed by atoms with van der Waals surface area (Å²) in [7, 11) is 3.78. The maximum atomic E-state index is 13.7. The monoisotopic (exact) mass is 413 g/mol. The van der Waals surface area contributed by atoms with E-state index in [1.165, 1.54) is 32.1 Å². The average molecular weight is 414 g/mol. The minimum Gasteiger partial charge on any atom is -0.495 e. The number of aliphatic hydroxyl groups is 1. The molecule has 1 amide bonds. The molecule has 1 N–H and O–H groups in total. The van der Waals surface area contributed by atoms with Gasteiger partial charge >= 0.3 is 0 Å². The number of benzene rings is 1. The van der Waals surface area contributed by atoms with Gasteiger partial charge in [0.15, 0.2) is 0 Å². The fourth-order valence-corrected chi connectivity index (χ4v) is 5.28. The molecule has 4 rings (SSSR count). The standard InChI is InChI=1S/C24H35N3O3/c1-25-12-13-27(19(16-25)11-14-28)24(29)21-17-26(15-18-7-4-3-5-8-18)23-20(21)9-6-10-22(23)30-2/h6,9-10,17-19,28H,3-5,7-8,11-16H2,1-2H3/t19-/m1/s1. The van der Waals surface area contributed by atoms with Gasteiger partial charge < -0.3 is 24.2 Å². The number of aliphatic hydroxyl groups excluding tert-OH is 1. The van der Waals surface area contributed by atoms with Crippen molar-refractivity contribution >= 4 is 16.8 Å². The zero-order valence-corrected chi connectivity index (χ0v) is 18.3. The predicted octanol–water partition coefficient (Wildman–Crippen LogP) is 3.37. The third-order valence-corrected chi connectivity index (χ3v) is 6.90. The fourth-order valence-electron chi connectivity index (χ4n) is 5.28. The first-order valence-electron chi connectivity index (χ1n) is 11.4. The molecular formula is C24H35N3O3. The van der Waals surface area contributed by atoms with Crippen molar-refractivity contribution in [3.63, 3.8) is 0 Å². The van der Waals surface area contributed by atoms with Crippen LogP contribution in [0.15, 0.2) is 24.4 Å². The Hall–Kier alpha value is -2.05. The highest BCUT2D eigenvalue weighted by molar-refractivity contribution is 6.08. The molecule has 1 atom stereocenters. The predicted molar refractivity (Wildman–Crippen MR) is 119 cm³/mol. The Balaban J connectivity index is 1.70. The molecule has 0 unspecified atom stereocenters. The number of hydrogen-bond acceptors (Lipinski definition) is 4. The first kappa shape index (κ1) is 21.2. The molecule has 2 heterocycles. The first-order chi connectivity index (χ1) is 14.6. The van der Waals surface area contributed by atoms with Crippen molar-refractivity contribution in [2.75, 3.05) is 40.4 Å². The van der Waals surface area contributed by atoms with Crippen LogP contribution in [0.25, 0.3) is 10.9 Å². The molecule has 1 aliphatic heterocycles. The Morgan fingerprint density at radius 3 is 2.73 bits per heavy atom. The molecule has 0 bridgehead atoms. The Labute approximate surface area is 179 Å². The van der Waals surface area contributed by atoms with Crippen molar-refractivity contribution < 1.29 is 14.6 Å². The summed E-state index contributed by atoms with van der Waals surface area (Å²) in [6.07, 6.45) is 9.13. The molecule has 6 nitrogen and oxygen atoms in total. The molecule has 0 radical (unpaired) electrons. The quantitative estimate of drug-likeness (QED) is 0.789. The van der Waals surface area contributed by atoms with Gasteiger partial charge in [-0.15, -0.1) is 0 Å². The minimum absolute atomic E-state index is 0.0450. The van der Waals surface area contributed by atoms with Crippen LogP contribution in [0, 0.1) is 5.92 Å². The molecule has 1 aromatic heterocycles. The summed E-state index contributed by atoms with van der Waals surface area (Å²) in [5.74, 6) is 1.56. The second-order valence-corrected chi connectivity index (χ2v) is 8.98. The molecule has 1 aliphatic carbocycles. The minimum atomic E-state index is 0.0450. The summed E-state index contributed by atoms with van der Waals surface area (Å²) in [4.78, 5) is 17.9. The van der Waals surface area contributed by atoms with Crippen LogP contribution in [-0.2, 0) is 6.54 Å². The summed E-state index contributed by atoms with van der Waals surface area (Å²) in [5.41, 5.74) is 1.79. The van der Waals surface area contributed by atoms with E-state index < -0.39 is 0 Å². The number of rotatable bonds is 6. The van der Waals surface area contributed by atoms with Crippen LogP contribution in [-0.4, -0.2) is 71.8 Å². The van der Waals surface area contributed by atoms with Crippen molar-refractivity contribution in [1.29, 1.82) is 0 Å². The van der Waals surface area contributed by atoms with Crippen molar-refractivity contribution in [1.82, 2.24) is 14.4 Å². The number of likely N-dealkylation sites (N-methyl/N-ethyl adjacent to an activating group) is 1. The Morgan fingerprint density at radius 1 is 1.20 bits per heavy atom. The lowest BCUT2D eigenvalue weighted by Gasteiger charge is -2.40. The number of para-hydroxylation sites is 1. The number of piperazine rings is 1. The third-order valence-electron chi connectivity index (χ3n) is 6.90. The number of carbonyl (C=O) groups excluding carboxylic acids is 1. The number of carbonyl (C=O) groups is 1. The van der Waals surface area contributed by atoms with Crippen molar-refractivity contribution in [2.45, 2.75) is 51.1 Å². The van der Waals surface area contributed by atoms with E-state index in [0.29, 0.717) is 18.9 Å². The molecule has 1 saturated heterocycles. The molecule has 2 aliphatic rings. The zero-order valence-electron chi connectivity index (χ0n) is 18.3. The summed E-state index contributed by atoms with van der Waals surface area (Å²) in [5, 5.41) is 10.5. The van der Waals surface area contributed by atoms with E-state index in [4.69, 9.17) is 4.74 Å². The number of ether oxygens (including phenoxy) is 1. The second-order valence-electron chi connectivity index (χ2n) is 8.98. The van der Waals surface area contributed by atoms with Gasteiger partial charge in [-0.25, -0.2) is 0 Å². The molecule has 2 aromatic rings. The molecule has 164 valence electrons. The number of methoxy groups -OCH3 is 1. The molecule has 30 heavy (non-hydrogen) atoms. The highest BCUT2D eigenvalue weighted by atomic mass is 16.5. The highest BCUT2D eigenvalue weighted by Gasteiger charge is 2.31. The van der Waals surface area contributed by atoms with E-state index in [1.807, 2.05) is 23.1 Å². The van der Waals surface area contributed by atoms with Crippen molar-refractivity contribution in [3.05, 3.63) is 30.0 Å². The van der Waals surface area contributed by atoms with Gasteiger partial charge in [0.05, 0.1) is 18.2 Å². The smallest absolute Gasteiger partial charge is 0.256 e. The molecule has 6 heteroatoms. The van der Waals surface area contributed by atoms with E-state index in [1.54, 1.807) is 7.11 Å². The van der Waals surface area contributed by atoms with Crippen LogP contribution >= 0.6 is 0 Å². The van der Waals surface area contributed by atoms with Gasteiger partial charge in [-0.1, -0.05) is 31.4 Å². The van der Waals surface area contributed by atoms with Gasteiger partial charge in [-0.2, -0.15) is 0 Å². The largest absolute Gasteiger partial charge is 0.495 e. The maximum absolute atomic E-state index is 13.7. The van der Waals surface area contributed by atoms with Crippen LogP contribution < -0.4 is 4.74 Å². The van der Waals surface area contributed by atoms with Gasteiger partial charge in [-0.3, -0.25) is 4.79 Å². The van der Waals surface area contributed by atoms with Crippen LogP contribution in [0.1, 0.15) is 48.9 Å². The van der Waals surface area contributed by atoms with Crippen LogP contribution in [0.5, 0.6) is 5.75 Å². The maximum Gasteiger partial charge on any atom is 0.256 e. The van der Waals surface area contributed by atoms with E-state index in [2.05, 4.69) is 22.7 Å². The number of aromatic nitrogens is 1. The normalized spacial score (nSPS) is 21.3. The Morgan fingerprint density at radius 2 is 2.00 bits per heavy atom. The van der Waals surface area contributed by atoms with E-state index in [0.717, 1.165) is 41.9 Å². The Kier molecular flexibility index (Phi) is 6.64. The topological polar surface area (TPSA) is 57.9 Å².